The molecule has 4 heterocycles. The molecule has 12 nitrogen and oxygen atoms in total. The minimum atomic E-state index is -0.456. The molecule has 4 aliphatic heterocycles. The lowest BCUT2D eigenvalue weighted by molar-refractivity contribution is -0.539. The van der Waals surface area contributed by atoms with Gasteiger partial charge in [0.2, 0.25) is 21.9 Å². The van der Waals surface area contributed by atoms with E-state index >= 15 is 0 Å². The Kier molecular flexibility index (Phi) is 7.68. The summed E-state index contributed by atoms with van der Waals surface area (Å²) in [5.74, 6) is -0.653. The van der Waals surface area contributed by atoms with Gasteiger partial charge in [-0.1, -0.05) is 24.3 Å². The number of piperazine rings is 2. The van der Waals surface area contributed by atoms with Gasteiger partial charge < -0.3 is 10.6 Å². The summed E-state index contributed by atoms with van der Waals surface area (Å²) in [7, 11) is 0. The first kappa shape index (κ1) is 25.7. The first-order valence-electron chi connectivity index (χ1n) is 13.5. The maximum absolute atomic E-state index is 12.4. The van der Waals surface area contributed by atoms with Crippen LogP contribution < -0.4 is 0 Å². The van der Waals surface area contributed by atoms with E-state index in [1.54, 1.807) is 9.39 Å². The summed E-state index contributed by atoms with van der Waals surface area (Å²) in [6.45, 7) is 7.71. The lowest BCUT2D eigenvalue weighted by Crippen LogP contribution is -2.44. The van der Waals surface area contributed by atoms with Crippen LogP contribution in [0.5, 0.6) is 0 Å². The van der Waals surface area contributed by atoms with E-state index in [2.05, 4.69) is 31.0 Å². The van der Waals surface area contributed by atoms with Gasteiger partial charge in [-0.25, -0.2) is 9.59 Å². The molecule has 0 bridgehead atoms. The van der Waals surface area contributed by atoms with Crippen molar-refractivity contribution < 1.29 is 28.7 Å². The first-order valence-corrected chi connectivity index (χ1v) is 13.5. The Labute approximate surface area is 226 Å². The highest BCUT2D eigenvalue weighted by Crippen LogP contribution is 2.25. The van der Waals surface area contributed by atoms with Crippen molar-refractivity contribution in [3.63, 3.8) is 0 Å². The quantitative estimate of drug-likeness (QED) is 0.482. The Hall–Kier alpha value is -3.58. The maximum atomic E-state index is 12.4. The van der Waals surface area contributed by atoms with E-state index in [4.69, 9.17) is 9.68 Å². The van der Waals surface area contributed by atoms with Gasteiger partial charge >= 0.3 is 11.9 Å². The van der Waals surface area contributed by atoms with Crippen LogP contribution in [0.15, 0.2) is 59.1 Å². The predicted molar refractivity (Wildman–Crippen MR) is 139 cm³/mol. The summed E-state index contributed by atoms with van der Waals surface area (Å²) in [6, 6.07) is 15.1. The van der Waals surface area contributed by atoms with Crippen LogP contribution in [0.4, 0.5) is 11.4 Å². The zero-order chi connectivity index (χ0) is 26.6. The Bertz CT molecular complexity index is 1150. The molecule has 0 aromatic heterocycles. The Morgan fingerprint density at radius 2 is 1.05 bits per heavy atom. The van der Waals surface area contributed by atoms with Crippen molar-refractivity contribution in [2.24, 2.45) is 10.6 Å². The van der Waals surface area contributed by atoms with Crippen LogP contribution in [0.2, 0.25) is 0 Å². The lowest BCUT2D eigenvalue weighted by atomic mass is 10.0. The normalized spacial score (nSPS) is 24.3. The second-order valence-electron chi connectivity index (χ2n) is 10.2. The van der Waals surface area contributed by atoms with E-state index in [0.717, 1.165) is 81.3 Å². The Morgan fingerprint density at radius 3 is 1.44 bits per heavy atom. The van der Waals surface area contributed by atoms with E-state index in [1.807, 2.05) is 48.5 Å². The molecule has 39 heavy (non-hydrogen) atoms. The fraction of sp³-hybridized carbons (Fsp3) is 0.481. The number of carbonyl (C=O) groups is 2. The molecule has 2 aromatic rings. The minimum Gasteiger partial charge on any atom is -0.660 e. The van der Waals surface area contributed by atoms with Crippen molar-refractivity contribution in [2.45, 2.75) is 18.5 Å². The van der Waals surface area contributed by atoms with Gasteiger partial charge in [0.05, 0.1) is 13.1 Å². The van der Waals surface area contributed by atoms with Crippen LogP contribution >= 0.6 is 0 Å². The average molecular weight is 533 g/mol. The van der Waals surface area contributed by atoms with Crippen molar-refractivity contribution in [2.75, 3.05) is 65.4 Å². The average Bonchev–Trinajstić information content (AvgIpc) is 3.52. The van der Waals surface area contributed by atoms with Gasteiger partial charge in [0.1, 0.15) is 0 Å². The molecule has 204 valence electrons. The number of carbonyl (C=O) groups excluding carboxylic acids is 2. The van der Waals surface area contributed by atoms with Crippen LogP contribution in [-0.4, -0.2) is 109 Å². The van der Waals surface area contributed by atoms with Crippen LogP contribution in [0.3, 0.4) is 0 Å². The van der Waals surface area contributed by atoms with Gasteiger partial charge in [-0.15, -0.1) is 26.2 Å². The third kappa shape index (κ3) is 5.88. The number of benzene rings is 2. The highest BCUT2D eigenvalue weighted by molar-refractivity contribution is 5.76. The van der Waals surface area contributed by atoms with Crippen molar-refractivity contribution >= 4 is 23.3 Å². The molecule has 2 fully saturated rings. The molecule has 0 aliphatic carbocycles. The molecule has 12 heteroatoms. The van der Waals surface area contributed by atoms with Gasteiger partial charge in [-0.05, 0) is 53.1 Å². The molecule has 2 saturated heterocycles. The van der Waals surface area contributed by atoms with E-state index in [1.165, 1.54) is 0 Å². The standard InChI is InChI=1S/C27H32N8O4/c36-26-24(18-32-13-9-28-10-14-32)34(30-38-26)22-5-1-20(2-6-22)17-21-3-7-23(8-4-21)35-25(27(37)39-31-35)19-33-15-11-29-12-16-33/h1-8,24-25H,9-19H2. The minimum absolute atomic E-state index is 0.327. The highest BCUT2D eigenvalue weighted by atomic mass is 16.7. The fourth-order valence-electron chi connectivity index (χ4n) is 5.28. The molecule has 6 rings (SSSR count). The van der Waals surface area contributed by atoms with Crippen LogP contribution in [0, 0.1) is 0 Å². The zero-order valence-corrected chi connectivity index (χ0v) is 21.8. The summed E-state index contributed by atoms with van der Waals surface area (Å²) < 4.78 is 3.34. The lowest BCUT2D eigenvalue weighted by Gasteiger charge is -2.34. The molecule has 2 aromatic carbocycles. The van der Waals surface area contributed by atoms with Gasteiger partial charge in [-0.2, -0.15) is 0 Å². The van der Waals surface area contributed by atoms with Crippen LogP contribution in [0.25, 0.3) is 10.6 Å². The second-order valence-corrected chi connectivity index (χ2v) is 10.2. The van der Waals surface area contributed by atoms with Crippen LogP contribution in [-0.2, 0) is 25.7 Å². The van der Waals surface area contributed by atoms with E-state index in [-0.39, 0.29) is 11.9 Å². The molecule has 0 radical (unpaired) electrons. The van der Waals surface area contributed by atoms with Gasteiger partial charge in [0.25, 0.3) is 12.1 Å². The van der Waals surface area contributed by atoms with Crippen molar-refractivity contribution in [3.8, 4) is 0 Å². The van der Waals surface area contributed by atoms with Crippen molar-refractivity contribution in [3.05, 3.63) is 70.3 Å². The first-order chi connectivity index (χ1) is 19.1. The largest absolute Gasteiger partial charge is 0.660 e. The smallest absolute Gasteiger partial charge is 0.412 e. The van der Waals surface area contributed by atoms with Crippen LogP contribution in [0.1, 0.15) is 11.1 Å². The van der Waals surface area contributed by atoms with Crippen molar-refractivity contribution in [1.29, 1.82) is 0 Å². The molecule has 0 N–H and O–H groups in total. The summed E-state index contributed by atoms with van der Waals surface area (Å²) in [5.41, 5.74) is 3.90. The molecular weight excluding hydrogens is 500 g/mol. The summed E-state index contributed by atoms with van der Waals surface area (Å²) in [5, 5.41) is 16.8. The van der Waals surface area contributed by atoms with Gasteiger partial charge in [0, 0.05) is 24.3 Å². The van der Waals surface area contributed by atoms with Crippen molar-refractivity contribution in [1.82, 2.24) is 9.80 Å². The predicted octanol–water partition coefficient (Wildman–Crippen LogP) is 2.53. The third-order valence-corrected chi connectivity index (χ3v) is 7.54. The SMILES string of the molecule is O=C1ON=[N+](c2ccc(Cc3ccc([N+]4=NOC(=O)C4CN4CC[N-]CC4)cc3)cc2)C1CN1CC[N-]CC1. The summed E-state index contributed by atoms with van der Waals surface area (Å²) >= 11 is 0. The number of rotatable bonds is 8. The Morgan fingerprint density at radius 1 is 0.667 bits per heavy atom. The van der Waals surface area contributed by atoms with Gasteiger partial charge in [0.15, 0.2) is 0 Å². The van der Waals surface area contributed by atoms with E-state index in [0.29, 0.717) is 13.1 Å². The zero-order valence-electron chi connectivity index (χ0n) is 21.8. The monoisotopic (exact) mass is 532 g/mol. The van der Waals surface area contributed by atoms with Gasteiger partial charge in [-0.3, -0.25) is 19.5 Å². The molecule has 2 unspecified atom stereocenters. The number of hydrogen-bond donors (Lipinski definition) is 0. The maximum Gasteiger partial charge on any atom is 0.412 e. The molecule has 2 atom stereocenters. The molecule has 0 saturated carbocycles. The topological polar surface area (TPSA) is 118 Å². The number of nitrogens with zero attached hydrogens (tertiary/aromatic N) is 8. The molecule has 0 amide bonds. The third-order valence-electron chi connectivity index (χ3n) is 7.54. The summed E-state index contributed by atoms with van der Waals surface area (Å²) in [4.78, 5) is 39.2. The van der Waals surface area contributed by atoms with E-state index in [9.17, 15) is 9.59 Å². The number of hydrogen-bond acceptors (Lipinski definition) is 8. The molecule has 0 spiro atoms. The fourth-order valence-corrected chi connectivity index (χ4v) is 5.28. The molecule has 4 aliphatic rings. The second kappa shape index (κ2) is 11.7. The highest BCUT2D eigenvalue weighted by Gasteiger charge is 2.44. The van der Waals surface area contributed by atoms with E-state index < -0.39 is 12.1 Å². The Balaban J connectivity index is 1.08. The molecular formula is C27H32N8O4. The summed E-state index contributed by atoms with van der Waals surface area (Å²) in [6.07, 6.45) is 0.737.